The highest BCUT2D eigenvalue weighted by Gasteiger charge is 2.36. The largest absolute Gasteiger partial charge is 0.507 e. The molecule has 0 bridgehead atoms. The Morgan fingerprint density at radius 1 is 1.04 bits per heavy atom. The van der Waals surface area contributed by atoms with Crippen LogP contribution in [0.3, 0.4) is 0 Å². The quantitative estimate of drug-likeness (QED) is 0.639. The van der Waals surface area contributed by atoms with Crippen LogP contribution in [0.15, 0.2) is 29.8 Å². The summed E-state index contributed by atoms with van der Waals surface area (Å²) in [6.07, 6.45) is 0. The zero-order chi connectivity index (χ0) is 18.6. The molecule has 132 valence electrons. The number of hydrogen-bond acceptors (Lipinski definition) is 7. The van der Waals surface area contributed by atoms with Crippen molar-refractivity contribution in [2.45, 2.75) is 13.8 Å². The van der Waals surface area contributed by atoms with E-state index < -0.39 is 35.9 Å². The number of esters is 2. The minimum Gasteiger partial charge on any atom is -0.507 e. The van der Waals surface area contributed by atoms with Crippen molar-refractivity contribution in [1.29, 1.82) is 0 Å². The standard InChI is InChI=1S/C17H17NO7/c1-3-24-16(22)14(20)11-9-18(15(21)17(23)25-4-2)12-8-6-5-7-10(12)13(11)19/h5-8,19H,3-4,9H2,1-2H3. The maximum atomic E-state index is 12.3. The molecule has 2 rings (SSSR count). The van der Waals surface area contributed by atoms with Crippen LogP contribution in [0.25, 0.3) is 5.76 Å². The van der Waals surface area contributed by atoms with E-state index in [1.807, 2.05) is 0 Å². The highest BCUT2D eigenvalue weighted by molar-refractivity contribution is 6.43. The number of nitrogens with zero attached hydrogens (tertiary/aromatic N) is 1. The number of aliphatic hydroxyl groups is 1. The predicted octanol–water partition coefficient (Wildman–Crippen LogP) is 0.998. The number of anilines is 1. The van der Waals surface area contributed by atoms with Gasteiger partial charge in [-0.15, -0.1) is 0 Å². The Bertz CT molecular complexity index is 766. The van der Waals surface area contributed by atoms with Crippen molar-refractivity contribution in [3.63, 3.8) is 0 Å². The topological polar surface area (TPSA) is 110 Å². The van der Waals surface area contributed by atoms with E-state index in [9.17, 15) is 24.3 Å². The van der Waals surface area contributed by atoms with Gasteiger partial charge in [0, 0.05) is 5.56 Å². The molecule has 1 aromatic rings. The molecule has 1 aliphatic rings. The Morgan fingerprint density at radius 2 is 1.64 bits per heavy atom. The molecule has 25 heavy (non-hydrogen) atoms. The Labute approximate surface area is 143 Å². The fourth-order valence-corrected chi connectivity index (χ4v) is 2.37. The van der Waals surface area contributed by atoms with E-state index in [1.54, 1.807) is 19.1 Å². The molecule has 1 N–H and O–H groups in total. The lowest BCUT2D eigenvalue weighted by atomic mass is 9.97. The molecule has 0 aromatic heterocycles. The van der Waals surface area contributed by atoms with Gasteiger partial charge >= 0.3 is 17.8 Å². The molecule has 0 spiro atoms. The van der Waals surface area contributed by atoms with Crippen LogP contribution in [-0.2, 0) is 28.7 Å². The van der Waals surface area contributed by atoms with Gasteiger partial charge in [-0.1, -0.05) is 12.1 Å². The van der Waals surface area contributed by atoms with Gasteiger partial charge in [-0.3, -0.25) is 14.5 Å². The van der Waals surface area contributed by atoms with Crippen LogP contribution in [0, 0.1) is 0 Å². The number of hydrogen-bond donors (Lipinski definition) is 1. The van der Waals surface area contributed by atoms with Gasteiger partial charge in [0.2, 0.25) is 0 Å². The lowest BCUT2D eigenvalue weighted by molar-refractivity contribution is -0.153. The number of aliphatic hydroxyl groups excluding tert-OH is 1. The first-order valence-corrected chi connectivity index (χ1v) is 7.63. The van der Waals surface area contributed by atoms with Gasteiger partial charge in [-0.05, 0) is 26.0 Å². The van der Waals surface area contributed by atoms with E-state index in [0.29, 0.717) is 0 Å². The first-order valence-electron chi connectivity index (χ1n) is 7.63. The van der Waals surface area contributed by atoms with Gasteiger partial charge in [0.05, 0.1) is 31.0 Å². The zero-order valence-corrected chi connectivity index (χ0v) is 13.8. The lowest BCUT2D eigenvalue weighted by Crippen LogP contribution is -2.43. The monoisotopic (exact) mass is 347 g/mol. The van der Waals surface area contributed by atoms with Crippen LogP contribution in [0.2, 0.25) is 0 Å². The van der Waals surface area contributed by atoms with Crippen molar-refractivity contribution in [2.24, 2.45) is 0 Å². The minimum atomic E-state index is -1.15. The van der Waals surface area contributed by atoms with Crippen LogP contribution >= 0.6 is 0 Å². The average Bonchev–Trinajstić information content (AvgIpc) is 2.61. The maximum absolute atomic E-state index is 12.3. The second kappa shape index (κ2) is 7.61. The molecule has 1 aliphatic heterocycles. The van der Waals surface area contributed by atoms with E-state index in [0.717, 1.165) is 4.90 Å². The normalized spacial score (nSPS) is 13.1. The van der Waals surface area contributed by atoms with E-state index in [1.165, 1.54) is 19.1 Å². The van der Waals surface area contributed by atoms with Crippen LogP contribution in [0.4, 0.5) is 5.69 Å². The lowest BCUT2D eigenvalue weighted by Gasteiger charge is -2.29. The molecule has 0 aliphatic carbocycles. The molecule has 8 heteroatoms. The van der Waals surface area contributed by atoms with Crippen LogP contribution in [-0.4, -0.2) is 48.5 Å². The highest BCUT2D eigenvalue weighted by Crippen LogP contribution is 2.33. The third kappa shape index (κ3) is 3.52. The summed E-state index contributed by atoms with van der Waals surface area (Å²) < 4.78 is 9.34. The Kier molecular flexibility index (Phi) is 5.53. The number of amides is 1. The number of carbonyl (C=O) groups excluding carboxylic acids is 4. The smallest absolute Gasteiger partial charge is 0.397 e. The Balaban J connectivity index is 2.47. The van der Waals surface area contributed by atoms with Crippen molar-refractivity contribution < 1.29 is 33.8 Å². The van der Waals surface area contributed by atoms with E-state index in [2.05, 4.69) is 4.74 Å². The third-order valence-electron chi connectivity index (χ3n) is 3.48. The van der Waals surface area contributed by atoms with Crippen LogP contribution in [0.5, 0.6) is 0 Å². The van der Waals surface area contributed by atoms with Gasteiger partial charge in [0.15, 0.2) is 0 Å². The first-order chi connectivity index (χ1) is 11.9. The molecule has 0 radical (unpaired) electrons. The average molecular weight is 347 g/mol. The van der Waals surface area contributed by atoms with Gasteiger partial charge in [0.1, 0.15) is 5.76 Å². The molecule has 0 saturated heterocycles. The second-order valence-corrected chi connectivity index (χ2v) is 5.01. The van der Waals surface area contributed by atoms with Gasteiger partial charge in [0.25, 0.3) is 5.78 Å². The second-order valence-electron chi connectivity index (χ2n) is 5.01. The van der Waals surface area contributed by atoms with Crippen molar-refractivity contribution >= 4 is 35.1 Å². The van der Waals surface area contributed by atoms with Crippen molar-refractivity contribution in [2.75, 3.05) is 24.7 Å². The molecular formula is C17H17NO7. The zero-order valence-electron chi connectivity index (χ0n) is 13.8. The number of fused-ring (bicyclic) bond motifs is 1. The summed E-state index contributed by atoms with van der Waals surface area (Å²) in [5.41, 5.74) is 0.0623. The maximum Gasteiger partial charge on any atom is 0.397 e. The van der Waals surface area contributed by atoms with E-state index in [4.69, 9.17) is 4.74 Å². The number of Topliss-reactive ketones (excluding diaryl/α,β-unsaturated/α-hetero) is 1. The third-order valence-corrected chi connectivity index (χ3v) is 3.48. The van der Waals surface area contributed by atoms with Crippen LogP contribution in [0.1, 0.15) is 19.4 Å². The SMILES string of the molecule is CCOC(=O)C(=O)C1=C(O)c2ccccc2N(C(=O)C(=O)OCC)C1. The minimum absolute atomic E-state index is 0.00969. The Morgan fingerprint density at radius 3 is 2.28 bits per heavy atom. The van der Waals surface area contributed by atoms with Crippen molar-refractivity contribution in [1.82, 2.24) is 0 Å². The molecule has 1 heterocycles. The highest BCUT2D eigenvalue weighted by atomic mass is 16.5. The van der Waals surface area contributed by atoms with Gasteiger partial charge in [-0.2, -0.15) is 0 Å². The molecule has 0 fully saturated rings. The fraction of sp³-hybridized carbons (Fsp3) is 0.294. The van der Waals surface area contributed by atoms with Crippen molar-refractivity contribution in [3.8, 4) is 0 Å². The molecule has 1 amide bonds. The van der Waals surface area contributed by atoms with E-state index >= 15 is 0 Å². The van der Waals surface area contributed by atoms with E-state index in [-0.39, 0.29) is 30.0 Å². The summed E-state index contributed by atoms with van der Waals surface area (Å²) in [7, 11) is 0. The van der Waals surface area contributed by atoms with Crippen LogP contribution < -0.4 is 4.90 Å². The molecule has 0 saturated carbocycles. The Hall–Kier alpha value is -3.16. The van der Waals surface area contributed by atoms with Gasteiger partial charge in [-0.25, -0.2) is 9.59 Å². The summed E-state index contributed by atoms with van der Waals surface area (Å²) in [5, 5.41) is 10.3. The number of ether oxygens (including phenoxy) is 2. The first kappa shape index (κ1) is 18.2. The number of benzene rings is 1. The number of rotatable bonds is 4. The molecular weight excluding hydrogens is 330 g/mol. The summed E-state index contributed by atoms with van der Waals surface area (Å²) in [6.45, 7) is 2.64. The molecule has 0 unspecified atom stereocenters. The number of para-hydroxylation sites is 1. The van der Waals surface area contributed by atoms with Crippen molar-refractivity contribution in [3.05, 3.63) is 35.4 Å². The number of ketones is 1. The molecule has 0 atom stereocenters. The summed E-state index contributed by atoms with van der Waals surface area (Å²) >= 11 is 0. The fourth-order valence-electron chi connectivity index (χ4n) is 2.37. The molecule has 8 nitrogen and oxygen atoms in total. The predicted molar refractivity (Wildman–Crippen MR) is 86.6 cm³/mol. The van der Waals surface area contributed by atoms with Gasteiger partial charge < -0.3 is 14.6 Å². The molecule has 1 aromatic carbocycles. The summed E-state index contributed by atoms with van der Waals surface area (Å²) in [5.74, 6) is -4.75. The number of carbonyl (C=O) groups is 4. The summed E-state index contributed by atoms with van der Waals surface area (Å²) in [6, 6.07) is 6.16. The summed E-state index contributed by atoms with van der Waals surface area (Å²) in [4.78, 5) is 49.0.